The Morgan fingerprint density at radius 3 is 2.32 bits per heavy atom. The number of carbonyl (C=O) groups excluding carboxylic acids is 3. The molecule has 34 heavy (non-hydrogen) atoms. The lowest BCUT2D eigenvalue weighted by Crippen LogP contribution is -2.34. The first kappa shape index (κ1) is 26.8. The SMILES string of the molecule is CCCCCCCCCC(=O)NCC(=O)N/N=C\c1ccc(OC(=O)c2cccc(C)c2)cc1. The summed E-state index contributed by atoms with van der Waals surface area (Å²) in [6.45, 7) is 3.99. The molecule has 7 nitrogen and oxygen atoms in total. The molecule has 0 heterocycles. The highest BCUT2D eigenvalue weighted by atomic mass is 16.5. The molecule has 0 saturated heterocycles. The Hall–Kier alpha value is -3.48. The summed E-state index contributed by atoms with van der Waals surface area (Å²) < 4.78 is 5.37. The summed E-state index contributed by atoms with van der Waals surface area (Å²) in [5.41, 5.74) is 4.58. The van der Waals surface area contributed by atoms with E-state index >= 15 is 0 Å². The van der Waals surface area contributed by atoms with Crippen molar-refractivity contribution < 1.29 is 19.1 Å². The van der Waals surface area contributed by atoms with E-state index in [0.717, 1.165) is 30.4 Å². The minimum atomic E-state index is -0.425. The largest absolute Gasteiger partial charge is 0.423 e. The van der Waals surface area contributed by atoms with Gasteiger partial charge in [0.15, 0.2) is 0 Å². The molecule has 0 unspecified atom stereocenters. The zero-order valence-electron chi connectivity index (χ0n) is 20.1. The number of benzene rings is 2. The first-order valence-electron chi connectivity index (χ1n) is 12.0. The maximum Gasteiger partial charge on any atom is 0.343 e. The molecule has 0 bridgehead atoms. The van der Waals surface area contributed by atoms with Crippen LogP contribution in [0, 0.1) is 6.92 Å². The lowest BCUT2D eigenvalue weighted by Gasteiger charge is -2.05. The van der Waals surface area contributed by atoms with Gasteiger partial charge in [-0.25, -0.2) is 10.2 Å². The molecule has 7 heteroatoms. The Bertz CT molecular complexity index is 955. The molecular formula is C27H35N3O4. The number of nitrogens with one attached hydrogen (secondary N) is 2. The summed E-state index contributed by atoms with van der Waals surface area (Å²) in [6, 6.07) is 13.9. The summed E-state index contributed by atoms with van der Waals surface area (Å²) in [7, 11) is 0. The molecule has 0 spiro atoms. The number of esters is 1. The number of nitrogens with zero attached hydrogens (tertiary/aromatic N) is 1. The van der Waals surface area contributed by atoms with Crippen LogP contribution in [-0.2, 0) is 9.59 Å². The summed E-state index contributed by atoms with van der Waals surface area (Å²) in [5, 5.41) is 6.51. The minimum absolute atomic E-state index is 0.111. The van der Waals surface area contributed by atoms with Crippen molar-refractivity contribution in [2.45, 2.75) is 65.2 Å². The van der Waals surface area contributed by atoms with Gasteiger partial charge in [0.25, 0.3) is 5.91 Å². The van der Waals surface area contributed by atoms with Gasteiger partial charge in [-0.3, -0.25) is 9.59 Å². The standard InChI is InChI=1S/C27H35N3O4/c1-3-4-5-6-7-8-9-13-25(31)28-20-26(32)30-29-19-22-14-16-24(17-15-22)34-27(33)23-12-10-11-21(2)18-23/h10-12,14-19H,3-9,13,20H2,1-2H3,(H,28,31)(H,30,32)/b29-19-. The Morgan fingerprint density at radius 2 is 1.62 bits per heavy atom. The van der Waals surface area contributed by atoms with Crippen molar-refractivity contribution in [3.8, 4) is 5.75 Å². The van der Waals surface area contributed by atoms with Crippen molar-refractivity contribution in [3.63, 3.8) is 0 Å². The van der Waals surface area contributed by atoms with E-state index < -0.39 is 11.9 Å². The predicted molar refractivity (Wildman–Crippen MR) is 134 cm³/mol. The zero-order chi connectivity index (χ0) is 24.6. The molecule has 2 aromatic rings. The number of carbonyl (C=O) groups is 3. The van der Waals surface area contributed by atoms with Crippen molar-refractivity contribution in [2.75, 3.05) is 6.54 Å². The third-order valence-electron chi connectivity index (χ3n) is 5.20. The highest BCUT2D eigenvalue weighted by Crippen LogP contribution is 2.14. The average Bonchev–Trinajstić information content (AvgIpc) is 2.83. The summed E-state index contributed by atoms with van der Waals surface area (Å²) in [4.78, 5) is 35.9. The van der Waals surface area contributed by atoms with E-state index in [9.17, 15) is 14.4 Å². The van der Waals surface area contributed by atoms with Crippen LogP contribution in [0.5, 0.6) is 5.75 Å². The lowest BCUT2D eigenvalue weighted by atomic mass is 10.1. The number of hydrogen-bond donors (Lipinski definition) is 2. The van der Waals surface area contributed by atoms with Crippen molar-refractivity contribution in [2.24, 2.45) is 5.10 Å². The maximum absolute atomic E-state index is 12.2. The molecular weight excluding hydrogens is 430 g/mol. The molecule has 0 fully saturated rings. The highest BCUT2D eigenvalue weighted by Gasteiger charge is 2.08. The summed E-state index contributed by atoms with van der Waals surface area (Å²) in [6.07, 6.45) is 9.92. The van der Waals surface area contributed by atoms with Crippen molar-refractivity contribution in [3.05, 3.63) is 65.2 Å². The number of aryl methyl sites for hydroxylation is 1. The maximum atomic E-state index is 12.2. The van der Waals surface area contributed by atoms with Gasteiger partial charge in [-0.15, -0.1) is 0 Å². The van der Waals surface area contributed by atoms with Gasteiger partial charge in [0.1, 0.15) is 5.75 Å². The van der Waals surface area contributed by atoms with Gasteiger partial charge < -0.3 is 10.1 Å². The molecule has 182 valence electrons. The van der Waals surface area contributed by atoms with E-state index in [1.54, 1.807) is 36.4 Å². The fourth-order valence-corrected chi connectivity index (χ4v) is 3.29. The van der Waals surface area contributed by atoms with Gasteiger partial charge in [-0.2, -0.15) is 5.10 Å². The molecule has 0 aromatic heterocycles. The predicted octanol–water partition coefficient (Wildman–Crippen LogP) is 4.92. The van der Waals surface area contributed by atoms with Crippen LogP contribution >= 0.6 is 0 Å². The fourth-order valence-electron chi connectivity index (χ4n) is 3.29. The first-order valence-corrected chi connectivity index (χ1v) is 12.0. The van der Waals surface area contributed by atoms with E-state index in [1.807, 2.05) is 19.1 Å². The fraction of sp³-hybridized carbons (Fsp3) is 0.407. The van der Waals surface area contributed by atoms with Gasteiger partial charge in [0.05, 0.1) is 18.3 Å². The molecule has 0 aliphatic rings. The molecule has 2 N–H and O–H groups in total. The van der Waals surface area contributed by atoms with E-state index in [-0.39, 0.29) is 12.5 Å². The van der Waals surface area contributed by atoms with Gasteiger partial charge in [-0.05, 0) is 55.3 Å². The monoisotopic (exact) mass is 465 g/mol. The van der Waals surface area contributed by atoms with Crippen LogP contribution in [-0.4, -0.2) is 30.5 Å². The molecule has 0 radical (unpaired) electrons. The zero-order valence-corrected chi connectivity index (χ0v) is 20.1. The number of rotatable bonds is 14. The van der Waals surface area contributed by atoms with Crippen LogP contribution in [0.3, 0.4) is 0 Å². The van der Waals surface area contributed by atoms with Crippen molar-refractivity contribution >= 4 is 24.0 Å². The number of ether oxygens (including phenoxy) is 1. The molecule has 2 rings (SSSR count). The van der Waals surface area contributed by atoms with E-state index in [1.165, 1.54) is 31.9 Å². The molecule has 0 saturated carbocycles. The van der Waals surface area contributed by atoms with E-state index in [4.69, 9.17) is 4.74 Å². The molecule has 0 aliphatic carbocycles. The highest BCUT2D eigenvalue weighted by molar-refractivity contribution is 5.91. The van der Waals surface area contributed by atoms with Crippen molar-refractivity contribution in [1.29, 1.82) is 0 Å². The van der Waals surface area contributed by atoms with Crippen LogP contribution < -0.4 is 15.5 Å². The van der Waals surface area contributed by atoms with Crippen LogP contribution in [0.1, 0.15) is 79.8 Å². The Morgan fingerprint density at radius 1 is 0.912 bits per heavy atom. The molecule has 0 atom stereocenters. The second-order valence-corrected chi connectivity index (χ2v) is 8.27. The number of hydrogen-bond acceptors (Lipinski definition) is 5. The third kappa shape index (κ3) is 10.9. The lowest BCUT2D eigenvalue weighted by molar-refractivity contribution is -0.126. The second-order valence-electron chi connectivity index (χ2n) is 8.27. The van der Waals surface area contributed by atoms with E-state index in [2.05, 4.69) is 22.8 Å². The smallest absolute Gasteiger partial charge is 0.343 e. The normalized spacial score (nSPS) is 10.8. The quantitative estimate of drug-likeness (QED) is 0.136. The van der Waals surface area contributed by atoms with Gasteiger partial charge >= 0.3 is 5.97 Å². The van der Waals surface area contributed by atoms with Crippen LogP contribution in [0.2, 0.25) is 0 Å². The number of hydrazone groups is 1. The Kier molecular flexibility index (Phi) is 12.1. The first-order chi connectivity index (χ1) is 16.5. The van der Waals surface area contributed by atoms with Gasteiger partial charge in [0, 0.05) is 6.42 Å². The topological polar surface area (TPSA) is 96.9 Å². The summed E-state index contributed by atoms with van der Waals surface area (Å²) >= 11 is 0. The summed E-state index contributed by atoms with van der Waals surface area (Å²) in [5.74, 6) is -0.529. The van der Waals surface area contributed by atoms with Crippen LogP contribution in [0.15, 0.2) is 53.6 Å². The van der Waals surface area contributed by atoms with E-state index in [0.29, 0.717) is 17.7 Å². The average molecular weight is 466 g/mol. The second kappa shape index (κ2) is 15.4. The van der Waals surface area contributed by atoms with Gasteiger partial charge in [-0.1, -0.05) is 63.1 Å². The number of amides is 2. The third-order valence-corrected chi connectivity index (χ3v) is 5.20. The van der Waals surface area contributed by atoms with Crippen LogP contribution in [0.25, 0.3) is 0 Å². The molecule has 2 amide bonds. The molecule has 2 aromatic carbocycles. The number of unbranched alkanes of at least 4 members (excludes halogenated alkanes) is 6. The van der Waals surface area contributed by atoms with Gasteiger partial charge in [0.2, 0.25) is 5.91 Å². The minimum Gasteiger partial charge on any atom is -0.423 e. The molecule has 0 aliphatic heterocycles. The Balaban J connectivity index is 1.63. The van der Waals surface area contributed by atoms with Crippen LogP contribution in [0.4, 0.5) is 0 Å². The Labute approximate surface area is 202 Å². The van der Waals surface area contributed by atoms with Crippen molar-refractivity contribution in [1.82, 2.24) is 10.7 Å².